The van der Waals surface area contributed by atoms with Gasteiger partial charge in [-0.15, -0.1) is 0 Å². The molecule has 0 radical (unpaired) electrons. The van der Waals surface area contributed by atoms with Crippen molar-refractivity contribution >= 4 is 5.84 Å². The molecule has 92 valence electrons. The lowest BCUT2D eigenvalue weighted by Crippen LogP contribution is -2.13. The summed E-state index contributed by atoms with van der Waals surface area (Å²) in [6.07, 6.45) is 0.891. The Hall–Kier alpha value is -2.36. The minimum Gasteiger partial charge on any atom is -0.439 e. The van der Waals surface area contributed by atoms with E-state index >= 15 is 0 Å². The summed E-state index contributed by atoms with van der Waals surface area (Å²) in [5.41, 5.74) is 6.93. The van der Waals surface area contributed by atoms with Crippen molar-refractivity contribution in [3.63, 3.8) is 0 Å². The molecule has 1 aromatic carbocycles. The molecule has 2 rings (SSSR count). The van der Waals surface area contributed by atoms with Gasteiger partial charge in [0, 0.05) is 6.07 Å². The fraction of sp³-hybridized carbons (Fsp3) is 0.143. The SMILES string of the molecule is CCc1ccccc1Oc1cccc(C(=N)N)n1. The minimum absolute atomic E-state index is 0.0655. The maximum atomic E-state index is 7.35. The van der Waals surface area contributed by atoms with Gasteiger partial charge in [0.2, 0.25) is 5.88 Å². The molecule has 18 heavy (non-hydrogen) atoms. The number of hydrogen-bond acceptors (Lipinski definition) is 3. The Morgan fingerprint density at radius 1 is 1.22 bits per heavy atom. The van der Waals surface area contributed by atoms with Gasteiger partial charge in [0.1, 0.15) is 17.3 Å². The van der Waals surface area contributed by atoms with E-state index in [1.807, 2.05) is 24.3 Å². The van der Waals surface area contributed by atoms with E-state index in [1.54, 1.807) is 18.2 Å². The highest BCUT2D eigenvalue weighted by molar-refractivity contribution is 5.93. The number of ether oxygens (including phenoxy) is 1. The molecule has 1 heterocycles. The van der Waals surface area contributed by atoms with Crippen LogP contribution in [-0.2, 0) is 6.42 Å². The van der Waals surface area contributed by atoms with Crippen LogP contribution >= 0.6 is 0 Å². The van der Waals surface area contributed by atoms with Crippen LogP contribution in [0.5, 0.6) is 11.6 Å². The molecule has 4 heteroatoms. The first kappa shape index (κ1) is 12.1. The topological polar surface area (TPSA) is 72.0 Å². The molecule has 0 aliphatic carbocycles. The third-order valence-corrected chi connectivity index (χ3v) is 2.57. The van der Waals surface area contributed by atoms with E-state index < -0.39 is 0 Å². The molecule has 0 aliphatic heterocycles. The summed E-state index contributed by atoms with van der Waals surface area (Å²) < 4.78 is 5.73. The van der Waals surface area contributed by atoms with E-state index in [4.69, 9.17) is 15.9 Å². The fourth-order valence-electron chi connectivity index (χ4n) is 1.63. The Morgan fingerprint density at radius 2 is 2.00 bits per heavy atom. The Balaban J connectivity index is 2.28. The first-order valence-electron chi connectivity index (χ1n) is 5.78. The van der Waals surface area contributed by atoms with E-state index in [0.717, 1.165) is 17.7 Å². The van der Waals surface area contributed by atoms with Gasteiger partial charge >= 0.3 is 0 Å². The van der Waals surface area contributed by atoms with Gasteiger partial charge in [-0.25, -0.2) is 4.98 Å². The van der Waals surface area contributed by atoms with Crippen LogP contribution in [-0.4, -0.2) is 10.8 Å². The van der Waals surface area contributed by atoms with Crippen molar-refractivity contribution in [2.75, 3.05) is 0 Å². The lowest BCUT2D eigenvalue weighted by molar-refractivity contribution is 0.457. The highest BCUT2D eigenvalue weighted by atomic mass is 16.5. The second-order valence-electron chi connectivity index (χ2n) is 3.84. The van der Waals surface area contributed by atoms with Gasteiger partial charge in [0.25, 0.3) is 0 Å². The molecule has 2 aromatic rings. The molecule has 4 nitrogen and oxygen atoms in total. The molecule has 0 aliphatic rings. The zero-order valence-electron chi connectivity index (χ0n) is 10.2. The average molecular weight is 241 g/mol. The molecule has 0 saturated carbocycles. The molecule has 0 bridgehead atoms. The monoisotopic (exact) mass is 241 g/mol. The maximum absolute atomic E-state index is 7.35. The predicted octanol–water partition coefficient (Wildman–Crippen LogP) is 2.72. The standard InChI is InChI=1S/C14H15N3O/c1-2-10-6-3-4-8-12(10)18-13-9-5-7-11(17-13)14(15)16/h3-9H,2H2,1H3,(H3,15,16). The molecule has 0 amide bonds. The number of nitrogen functional groups attached to an aromatic ring is 1. The molecule has 1 aromatic heterocycles. The summed E-state index contributed by atoms with van der Waals surface area (Å²) in [7, 11) is 0. The number of nitrogens with zero attached hydrogens (tertiary/aromatic N) is 1. The first-order chi connectivity index (χ1) is 8.70. The zero-order chi connectivity index (χ0) is 13.0. The first-order valence-corrected chi connectivity index (χ1v) is 5.78. The summed E-state index contributed by atoms with van der Waals surface area (Å²) in [5, 5.41) is 7.35. The van der Waals surface area contributed by atoms with Crippen molar-refractivity contribution < 1.29 is 4.74 Å². The smallest absolute Gasteiger partial charge is 0.219 e. The Bertz CT molecular complexity index is 566. The van der Waals surface area contributed by atoms with Gasteiger partial charge in [0.05, 0.1) is 0 Å². The Labute approximate surface area is 106 Å². The number of nitrogens with one attached hydrogen (secondary N) is 1. The lowest BCUT2D eigenvalue weighted by Gasteiger charge is -2.09. The van der Waals surface area contributed by atoms with Crippen molar-refractivity contribution in [1.82, 2.24) is 4.98 Å². The largest absolute Gasteiger partial charge is 0.439 e. The Morgan fingerprint density at radius 3 is 2.72 bits per heavy atom. The van der Waals surface area contributed by atoms with Gasteiger partial charge in [-0.3, -0.25) is 5.41 Å². The fourth-order valence-corrected chi connectivity index (χ4v) is 1.63. The number of para-hydroxylation sites is 1. The van der Waals surface area contributed by atoms with Crippen LogP contribution in [0.25, 0.3) is 0 Å². The summed E-state index contributed by atoms with van der Waals surface area (Å²) >= 11 is 0. The molecule has 0 fully saturated rings. The third-order valence-electron chi connectivity index (χ3n) is 2.57. The maximum Gasteiger partial charge on any atom is 0.219 e. The second-order valence-corrected chi connectivity index (χ2v) is 3.84. The molecule has 3 N–H and O–H groups in total. The van der Waals surface area contributed by atoms with E-state index in [0.29, 0.717) is 11.6 Å². The van der Waals surface area contributed by atoms with Gasteiger partial charge in [-0.05, 0) is 24.1 Å². The number of aryl methyl sites for hydroxylation is 1. The summed E-state index contributed by atoms with van der Waals surface area (Å²) in [5.74, 6) is 1.17. The molecular formula is C14H15N3O. The zero-order valence-corrected chi connectivity index (χ0v) is 10.2. The second kappa shape index (κ2) is 5.31. The predicted molar refractivity (Wildman–Crippen MR) is 71.1 cm³/mol. The lowest BCUT2D eigenvalue weighted by atomic mass is 10.1. The van der Waals surface area contributed by atoms with Crippen molar-refractivity contribution in [2.45, 2.75) is 13.3 Å². The van der Waals surface area contributed by atoms with Crippen molar-refractivity contribution in [3.8, 4) is 11.6 Å². The molecule has 0 atom stereocenters. The van der Waals surface area contributed by atoms with Gasteiger partial charge in [-0.1, -0.05) is 31.2 Å². The van der Waals surface area contributed by atoms with Crippen LogP contribution in [0.3, 0.4) is 0 Å². The van der Waals surface area contributed by atoms with Crippen molar-refractivity contribution in [2.24, 2.45) is 5.73 Å². The third kappa shape index (κ3) is 2.66. The minimum atomic E-state index is -0.0655. The Kier molecular flexibility index (Phi) is 3.57. The summed E-state index contributed by atoms with van der Waals surface area (Å²) in [6, 6.07) is 13.0. The van der Waals surface area contributed by atoms with Crippen LogP contribution in [0, 0.1) is 5.41 Å². The average Bonchev–Trinajstić information content (AvgIpc) is 2.39. The summed E-state index contributed by atoms with van der Waals surface area (Å²) in [6.45, 7) is 2.07. The van der Waals surface area contributed by atoms with Crippen LogP contribution in [0.15, 0.2) is 42.5 Å². The van der Waals surface area contributed by atoms with Gasteiger partial charge < -0.3 is 10.5 Å². The van der Waals surface area contributed by atoms with E-state index in [1.165, 1.54) is 0 Å². The number of amidine groups is 1. The highest BCUT2D eigenvalue weighted by Crippen LogP contribution is 2.24. The quantitative estimate of drug-likeness (QED) is 0.638. The van der Waals surface area contributed by atoms with Crippen LogP contribution in [0.4, 0.5) is 0 Å². The number of pyridine rings is 1. The van der Waals surface area contributed by atoms with Crippen LogP contribution < -0.4 is 10.5 Å². The number of nitrogens with two attached hydrogens (primary N) is 1. The summed E-state index contributed by atoms with van der Waals surface area (Å²) in [4.78, 5) is 4.17. The van der Waals surface area contributed by atoms with E-state index in [9.17, 15) is 0 Å². The molecule has 0 saturated heterocycles. The number of aromatic nitrogens is 1. The van der Waals surface area contributed by atoms with Crippen LogP contribution in [0.1, 0.15) is 18.2 Å². The number of hydrogen-bond donors (Lipinski definition) is 2. The van der Waals surface area contributed by atoms with Crippen LogP contribution in [0.2, 0.25) is 0 Å². The van der Waals surface area contributed by atoms with E-state index in [-0.39, 0.29) is 5.84 Å². The van der Waals surface area contributed by atoms with Crippen molar-refractivity contribution in [1.29, 1.82) is 5.41 Å². The normalized spacial score (nSPS) is 10.1. The highest BCUT2D eigenvalue weighted by Gasteiger charge is 2.05. The number of rotatable bonds is 4. The molecule has 0 unspecified atom stereocenters. The van der Waals surface area contributed by atoms with Gasteiger partial charge in [0.15, 0.2) is 0 Å². The number of benzene rings is 1. The van der Waals surface area contributed by atoms with E-state index in [2.05, 4.69) is 11.9 Å². The van der Waals surface area contributed by atoms with Crippen molar-refractivity contribution in [3.05, 3.63) is 53.7 Å². The molecular weight excluding hydrogens is 226 g/mol. The molecule has 0 spiro atoms. The van der Waals surface area contributed by atoms with Gasteiger partial charge in [-0.2, -0.15) is 0 Å².